The summed E-state index contributed by atoms with van der Waals surface area (Å²) in [5, 5.41) is 13.5. The molecule has 0 heterocycles. The van der Waals surface area contributed by atoms with E-state index in [1.165, 1.54) is 18.2 Å². The fourth-order valence-corrected chi connectivity index (χ4v) is 1.86. The van der Waals surface area contributed by atoms with Gasteiger partial charge in [0.05, 0.1) is 4.92 Å². The molecule has 1 aromatic carbocycles. The Hall–Kier alpha value is -2.21. The molecule has 6 nitrogen and oxygen atoms in total. The molecule has 0 aromatic heterocycles. The predicted octanol–water partition coefficient (Wildman–Crippen LogP) is 2.24. The van der Waals surface area contributed by atoms with E-state index in [0.29, 0.717) is 12.1 Å². The number of unbranched alkanes of at least 4 members (excludes halogenated alkanes) is 1. The van der Waals surface area contributed by atoms with Crippen LogP contribution in [-0.2, 0) is 4.79 Å². The van der Waals surface area contributed by atoms with Crippen LogP contribution in [-0.4, -0.2) is 23.4 Å². The van der Waals surface area contributed by atoms with Gasteiger partial charge in [0, 0.05) is 30.8 Å². The second-order valence-electron chi connectivity index (χ2n) is 4.77. The summed E-state index contributed by atoms with van der Waals surface area (Å²) in [6, 6.07) is 6.08. The van der Waals surface area contributed by atoms with Gasteiger partial charge in [-0.2, -0.15) is 0 Å². The number of carbonyl (C=O) groups is 1. The highest BCUT2D eigenvalue weighted by atomic mass is 16.6. The van der Waals surface area contributed by atoms with Gasteiger partial charge < -0.3 is 11.1 Å². The van der Waals surface area contributed by atoms with Crippen molar-refractivity contribution in [1.29, 1.82) is 0 Å². The van der Waals surface area contributed by atoms with Crippen LogP contribution in [0.25, 0.3) is 6.08 Å². The smallest absolute Gasteiger partial charge is 0.270 e. The molecule has 0 aliphatic heterocycles. The summed E-state index contributed by atoms with van der Waals surface area (Å²) in [4.78, 5) is 22.0. The molecule has 3 N–H and O–H groups in total. The van der Waals surface area contributed by atoms with Crippen molar-refractivity contribution in [2.75, 3.05) is 6.54 Å². The van der Waals surface area contributed by atoms with E-state index >= 15 is 0 Å². The standard InChI is InChI=1S/C15H21N3O3/c1-2-3-6-13(11-16)17-15(19)9-8-12-5-4-7-14(10-12)18(20)21/h4-5,7-10,13H,2-3,6,11,16H2,1H3,(H,17,19)/b9-8+. The van der Waals surface area contributed by atoms with Gasteiger partial charge in [-0.15, -0.1) is 0 Å². The van der Waals surface area contributed by atoms with Crippen molar-refractivity contribution in [2.45, 2.75) is 32.2 Å². The van der Waals surface area contributed by atoms with Crippen molar-refractivity contribution >= 4 is 17.7 Å². The molecule has 0 spiro atoms. The topological polar surface area (TPSA) is 98.3 Å². The third-order valence-electron chi connectivity index (χ3n) is 3.05. The Bertz CT molecular complexity index is 515. The molecule has 6 heteroatoms. The van der Waals surface area contributed by atoms with Crippen LogP contribution >= 0.6 is 0 Å². The molecule has 114 valence electrons. The van der Waals surface area contributed by atoms with E-state index in [0.717, 1.165) is 19.3 Å². The lowest BCUT2D eigenvalue weighted by Gasteiger charge is -2.14. The molecule has 0 radical (unpaired) electrons. The Labute approximate surface area is 124 Å². The van der Waals surface area contributed by atoms with E-state index in [2.05, 4.69) is 12.2 Å². The number of nitrogens with one attached hydrogen (secondary N) is 1. The maximum Gasteiger partial charge on any atom is 0.270 e. The first kappa shape index (κ1) is 16.8. The minimum atomic E-state index is -0.466. The number of amides is 1. The zero-order valence-corrected chi connectivity index (χ0v) is 12.1. The SMILES string of the molecule is CCCCC(CN)NC(=O)/C=C/c1cccc([N+](=O)[O-])c1. The van der Waals surface area contributed by atoms with Crippen molar-refractivity contribution < 1.29 is 9.72 Å². The van der Waals surface area contributed by atoms with E-state index < -0.39 is 4.92 Å². The third kappa shape index (κ3) is 6.18. The third-order valence-corrected chi connectivity index (χ3v) is 3.05. The number of nitrogens with two attached hydrogens (primary N) is 1. The van der Waals surface area contributed by atoms with Gasteiger partial charge in [0.2, 0.25) is 5.91 Å². The summed E-state index contributed by atoms with van der Waals surface area (Å²) in [6.45, 7) is 2.48. The van der Waals surface area contributed by atoms with Crippen LogP contribution in [0.4, 0.5) is 5.69 Å². The van der Waals surface area contributed by atoms with E-state index in [4.69, 9.17) is 5.73 Å². The highest BCUT2D eigenvalue weighted by Gasteiger charge is 2.08. The fourth-order valence-electron chi connectivity index (χ4n) is 1.86. The van der Waals surface area contributed by atoms with E-state index in [1.807, 2.05) is 0 Å². The van der Waals surface area contributed by atoms with Crippen molar-refractivity contribution in [1.82, 2.24) is 5.32 Å². The average molecular weight is 291 g/mol. The summed E-state index contributed by atoms with van der Waals surface area (Å²) in [7, 11) is 0. The van der Waals surface area contributed by atoms with Gasteiger partial charge in [-0.25, -0.2) is 0 Å². The van der Waals surface area contributed by atoms with Crippen LogP contribution in [0.2, 0.25) is 0 Å². The second-order valence-corrected chi connectivity index (χ2v) is 4.77. The Kier molecular flexibility index (Phi) is 7.11. The van der Waals surface area contributed by atoms with Crippen LogP contribution in [0.1, 0.15) is 31.7 Å². The normalized spacial score (nSPS) is 12.3. The Balaban J connectivity index is 2.60. The van der Waals surface area contributed by atoms with Crippen LogP contribution in [0.15, 0.2) is 30.3 Å². The number of carbonyl (C=O) groups excluding carboxylic acids is 1. The minimum Gasteiger partial charge on any atom is -0.349 e. The summed E-state index contributed by atoms with van der Waals surface area (Å²) in [5.74, 6) is -0.243. The summed E-state index contributed by atoms with van der Waals surface area (Å²) < 4.78 is 0. The lowest BCUT2D eigenvalue weighted by atomic mass is 10.1. The monoisotopic (exact) mass is 291 g/mol. The summed E-state index contributed by atoms with van der Waals surface area (Å²) in [6.07, 6.45) is 5.83. The van der Waals surface area contributed by atoms with Gasteiger partial charge in [0.1, 0.15) is 0 Å². The molecule has 0 saturated carbocycles. The number of benzene rings is 1. The highest BCUT2D eigenvalue weighted by molar-refractivity contribution is 5.92. The molecular weight excluding hydrogens is 270 g/mol. The van der Waals surface area contributed by atoms with Gasteiger partial charge >= 0.3 is 0 Å². The first-order valence-electron chi connectivity index (χ1n) is 7.00. The molecule has 1 atom stereocenters. The molecule has 1 amide bonds. The van der Waals surface area contributed by atoms with Crippen molar-refractivity contribution in [3.05, 3.63) is 46.0 Å². The van der Waals surface area contributed by atoms with Crippen LogP contribution < -0.4 is 11.1 Å². The molecule has 0 fully saturated rings. The molecule has 0 saturated heterocycles. The van der Waals surface area contributed by atoms with Crippen molar-refractivity contribution in [2.24, 2.45) is 5.73 Å². The molecule has 1 aromatic rings. The van der Waals surface area contributed by atoms with Gasteiger partial charge in [0.15, 0.2) is 0 Å². The van der Waals surface area contributed by atoms with E-state index in [-0.39, 0.29) is 17.6 Å². The maximum absolute atomic E-state index is 11.8. The number of hydrogen-bond acceptors (Lipinski definition) is 4. The van der Waals surface area contributed by atoms with Gasteiger partial charge in [-0.3, -0.25) is 14.9 Å². The molecule has 21 heavy (non-hydrogen) atoms. The van der Waals surface area contributed by atoms with Crippen molar-refractivity contribution in [3.63, 3.8) is 0 Å². The summed E-state index contributed by atoms with van der Waals surface area (Å²) >= 11 is 0. The molecule has 1 rings (SSSR count). The molecule has 0 aliphatic carbocycles. The van der Waals surface area contributed by atoms with Crippen LogP contribution in [0.3, 0.4) is 0 Å². The average Bonchev–Trinajstić information content (AvgIpc) is 2.49. The lowest BCUT2D eigenvalue weighted by Crippen LogP contribution is -2.39. The Morgan fingerprint density at radius 3 is 2.90 bits per heavy atom. The molecule has 1 unspecified atom stereocenters. The molecule has 0 aliphatic rings. The number of non-ortho nitro benzene ring substituents is 1. The zero-order valence-electron chi connectivity index (χ0n) is 12.1. The quantitative estimate of drug-likeness (QED) is 0.436. The van der Waals surface area contributed by atoms with Crippen molar-refractivity contribution in [3.8, 4) is 0 Å². The van der Waals surface area contributed by atoms with Crippen LogP contribution in [0.5, 0.6) is 0 Å². The number of rotatable bonds is 8. The van der Waals surface area contributed by atoms with Gasteiger partial charge in [-0.1, -0.05) is 31.9 Å². The molecular formula is C15H21N3O3. The van der Waals surface area contributed by atoms with Gasteiger partial charge in [0.25, 0.3) is 5.69 Å². The number of hydrogen-bond donors (Lipinski definition) is 2. The number of nitro groups is 1. The van der Waals surface area contributed by atoms with E-state index in [9.17, 15) is 14.9 Å². The first-order chi connectivity index (χ1) is 10.1. The zero-order chi connectivity index (χ0) is 15.7. The van der Waals surface area contributed by atoms with E-state index in [1.54, 1.807) is 18.2 Å². The number of nitrogens with zero attached hydrogens (tertiary/aromatic N) is 1. The van der Waals surface area contributed by atoms with Gasteiger partial charge in [-0.05, 0) is 18.1 Å². The summed E-state index contributed by atoms with van der Waals surface area (Å²) in [5.41, 5.74) is 6.22. The highest BCUT2D eigenvalue weighted by Crippen LogP contribution is 2.14. The largest absolute Gasteiger partial charge is 0.349 e. The lowest BCUT2D eigenvalue weighted by molar-refractivity contribution is -0.384. The molecule has 0 bridgehead atoms. The Morgan fingerprint density at radius 1 is 1.52 bits per heavy atom. The first-order valence-corrected chi connectivity index (χ1v) is 7.00. The predicted molar refractivity (Wildman–Crippen MR) is 82.6 cm³/mol. The Morgan fingerprint density at radius 2 is 2.29 bits per heavy atom. The number of nitro benzene ring substituents is 1. The maximum atomic E-state index is 11.8. The second kappa shape index (κ2) is 8.86. The fraction of sp³-hybridized carbons (Fsp3) is 0.400. The minimum absolute atomic E-state index is 0.000314. The van der Waals surface area contributed by atoms with Crippen LogP contribution in [0, 0.1) is 10.1 Å².